The van der Waals surface area contributed by atoms with Crippen LogP contribution in [0.4, 0.5) is 0 Å². The topological polar surface area (TPSA) is 81.2 Å². The van der Waals surface area contributed by atoms with E-state index >= 15 is 0 Å². The predicted molar refractivity (Wildman–Crippen MR) is 101 cm³/mol. The van der Waals surface area contributed by atoms with Crippen LogP contribution < -0.4 is 11.1 Å². The Morgan fingerprint density at radius 2 is 1.92 bits per heavy atom. The minimum Gasteiger partial charge on any atom is -0.441 e. The fraction of sp³-hybridized carbons (Fsp3) is 0.263. The van der Waals surface area contributed by atoms with Gasteiger partial charge in [0.05, 0.1) is 0 Å². The average Bonchev–Trinajstić information content (AvgIpc) is 2.99. The average molecular weight is 360 g/mol. The number of aryl methyl sites for hydroxylation is 2. The molecule has 0 aliphatic carbocycles. The Labute approximate surface area is 153 Å². The fourth-order valence-electron chi connectivity index (χ4n) is 2.57. The number of carbonyl (C=O) groups excluding carboxylic acids is 1. The molecule has 3 N–H and O–H groups in total. The lowest BCUT2D eigenvalue weighted by Gasteiger charge is -2.12. The Bertz CT molecular complexity index is 859. The van der Waals surface area contributed by atoms with Gasteiger partial charge in [-0.15, -0.1) is 12.4 Å². The van der Waals surface area contributed by atoms with E-state index in [0.717, 1.165) is 27.8 Å². The maximum Gasteiger partial charge on any atom is 0.241 e. The van der Waals surface area contributed by atoms with Crippen LogP contribution in [0.2, 0.25) is 0 Å². The van der Waals surface area contributed by atoms with E-state index in [1.165, 1.54) is 0 Å². The smallest absolute Gasteiger partial charge is 0.241 e. The first-order valence-corrected chi connectivity index (χ1v) is 7.99. The first kappa shape index (κ1) is 19.0. The van der Waals surface area contributed by atoms with Gasteiger partial charge in [-0.05, 0) is 31.0 Å². The van der Waals surface area contributed by atoms with Crippen LogP contribution in [0.25, 0.3) is 11.1 Å². The Morgan fingerprint density at radius 3 is 2.60 bits per heavy atom. The molecular weight excluding hydrogens is 338 g/mol. The highest BCUT2D eigenvalue weighted by Gasteiger charge is 2.15. The summed E-state index contributed by atoms with van der Waals surface area (Å²) >= 11 is 0. The Balaban J connectivity index is 0.00000225. The third-order valence-corrected chi connectivity index (χ3v) is 4.02. The van der Waals surface area contributed by atoms with Gasteiger partial charge >= 0.3 is 0 Å². The molecular formula is C19H22ClN3O2. The standard InChI is InChI=1S/C19H21N3O2.ClH/c1-12-6-8-14(9-7-12)17(20)19(23)21-11-10-16-22-18-13(2)4-3-5-15(18)24-16;/h3-9,17H,10-11,20H2,1-2H3,(H,21,23);1H. The van der Waals surface area contributed by atoms with Crippen LogP contribution in [0.5, 0.6) is 0 Å². The molecule has 0 radical (unpaired) electrons. The highest BCUT2D eigenvalue weighted by Crippen LogP contribution is 2.19. The maximum atomic E-state index is 12.2. The van der Waals surface area contributed by atoms with Gasteiger partial charge in [0.15, 0.2) is 11.5 Å². The number of amides is 1. The molecule has 1 heterocycles. The van der Waals surface area contributed by atoms with E-state index in [0.29, 0.717) is 18.9 Å². The van der Waals surface area contributed by atoms with E-state index in [1.54, 1.807) is 0 Å². The van der Waals surface area contributed by atoms with Gasteiger partial charge in [-0.1, -0.05) is 42.0 Å². The van der Waals surface area contributed by atoms with Crippen molar-refractivity contribution in [2.75, 3.05) is 6.54 Å². The summed E-state index contributed by atoms with van der Waals surface area (Å²) in [7, 11) is 0. The van der Waals surface area contributed by atoms with Crippen LogP contribution in [-0.4, -0.2) is 17.4 Å². The molecule has 0 fully saturated rings. The molecule has 0 aliphatic heterocycles. The summed E-state index contributed by atoms with van der Waals surface area (Å²) in [6, 6.07) is 12.8. The number of nitrogens with two attached hydrogens (primary N) is 1. The second kappa shape index (κ2) is 8.14. The summed E-state index contributed by atoms with van der Waals surface area (Å²) in [5.74, 6) is 0.412. The lowest BCUT2D eigenvalue weighted by atomic mass is 10.1. The molecule has 1 unspecified atom stereocenters. The van der Waals surface area contributed by atoms with Crippen molar-refractivity contribution < 1.29 is 9.21 Å². The zero-order chi connectivity index (χ0) is 17.1. The normalized spacial score (nSPS) is 11.8. The van der Waals surface area contributed by atoms with E-state index in [2.05, 4.69) is 10.3 Å². The number of nitrogens with zero attached hydrogens (tertiary/aromatic N) is 1. The third kappa shape index (κ3) is 4.38. The highest BCUT2D eigenvalue weighted by molar-refractivity contribution is 5.85. The van der Waals surface area contributed by atoms with Crippen molar-refractivity contribution in [1.82, 2.24) is 10.3 Å². The molecule has 132 valence electrons. The summed E-state index contributed by atoms with van der Waals surface area (Å²) in [5, 5.41) is 2.84. The van der Waals surface area contributed by atoms with Gasteiger partial charge in [0.2, 0.25) is 5.91 Å². The lowest BCUT2D eigenvalue weighted by molar-refractivity contribution is -0.122. The number of halogens is 1. The second-order valence-electron chi connectivity index (χ2n) is 5.96. The van der Waals surface area contributed by atoms with Crippen LogP contribution >= 0.6 is 12.4 Å². The maximum absolute atomic E-state index is 12.2. The van der Waals surface area contributed by atoms with E-state index in [4.69, 9.17) is 10.2 Å². The van der Waals surface area contributed by atoms with Crippen LogP contribution in [-0.2, 0) is 11.2 Å². The van der Waals surface area contributed by atoms with Crippen molar-refractivity contribution in [3.05, 3.63) is 65.0 Å². The molecule has 1 amide bonds. The molecule has 1 atom stereocenters. The molecule has 5 nitrogen and oxygen atoms in total. The Morgan fingerprint density at radius 1 is 1.20 bits per heavy atom. The minimum atomic E-state index is -0.670. The summed E-state index contributed by atoms with van der Waals surface area (Å²) in [6.45, 7) is 4.43. The summed E-state index contributed by atoms with van der Waals surface area (Å²) in [5.41, 5.74) is 10.7. The number of para-hydroxylation sites is 1. The van der Waals surface area contributed by atoms with Gasteiger partial charge < -0.3 is 15.5 Å². The fourth-order valence-corrected chi connectivity index (χ4v) is 2.57. The van der Waals surface area contributed by atoms with E-state index < -0.39 is 6.04 Å². The third-order valence-electron chi connectivity index (χ3n) is 4.02. The first-order valence-electron chi connectivity index (χ1n) is 7.99. The van der Waals surface area contributed by atoms with Crippen molar-refractivity contribution in [3.63, 3.8) is 0 Å². The van der Waals surface area contributed by atoms with Gasteiger partial charge in [0.1, 0.15) is 11.6 Å². The van der Waals surface area contributed by atoms with Crippen molar-refractivity contribution in [2.24, 2.45) is 5.73 Å². The summed E-state index contributed by atoms with van der Waals surface area (Å²) < 4.78 is 5.70. The molecule has 0 bridgehead atoms. The van der Waals surface area contributed by atoms with Crippen molar-refractivity contribution in [2.45, 2.75) is 26.3 Å². The summed E-state index contributed by atoms with van der Waals surface area (Å²) in [4.78, 5) is 16.6. The predicted octanol–water partition coefficient (Wildman–Crippen LogP) is 3.23. The molecule has 25 heavy (non-hydrogen) atoms. The molecule has 6 heteroatoms. The number of benzene rings is 2. The van der Waals surface area contributed by atoms with Gasteiger partial charge in [-0.3, -0.25) is 4.79 Å². The molecule has 3 aromatic rings. The van der Waals surface area contributed by atoms with E-state index in [1.807, 2.05) is 56.3 Å². The summed E-state index contributed by atoms with van der Waals surface area (Å²) in [6.07, 6.45) is 0.528. The largest absolute Gasteiger partial charge is 0.441 e. The number of carbonyl (C=O) groups is 1. The van der Waals surface area contributed by atoms with Crippen LogP contribution in [0.15, 0.2) is 46.9 Å². The van der Waals surface area contributed by atoms with Gasteiger partial charge in [-0.2, -0.15) is 0 Å². The molecule has 2 aromatic carbocycles. The quantitative estimate of drug-likeness (QED) is 0.732. The Hall–Kier alpha value is -2.37. The number of rotatable bonds is 5. The van der Waals surface area contributed by atoms with Crippen molar-refractivity contribution >= 4 is 29.4 Å². The number of hydrogen-bond donors (Lipinski definition) is 2. The number of fused-ring (bicyclic) bond motifs is 1. The zero-order valence-corrected chi connectivity index (χ0v) is 15.1. The molecule has 0 saturated carbocycles. The zero-order valence-electron chi connectivity index (χ0n) is 14.3. The minimum absolute atomic E-state index is 0. The SMILES string of the molecule is Cc1ccc(C(N)C(=O)NCCc2nc3c(C)cccc3o2)cc1.Cl. The highest BCUT2D eigenvalue weighted by atomic mass is 35.5. The second-order valence-corrected chi connectivity index (χ2v) is 5.96. The lowest BCUT2D eigenvalue weighted by Crippen LogP contribution is -2.35. The number of aromatic nitrogens is 1. The van der Waals surface area contributed by atoms with Crippen LogP contribution in [0, 0.1) is 13.8 Å². The van der Waals surface area contributed by atoms with E-state index in [-0.39, 0.29) is 18.3 Å². The molecule has 0 saturated heterocycles. The Kier molecular flexibility index (Phi) is 6.17. The van der Waals surface area contributed by atoms with Crippen molar-refractivity contribution in [3.8, 4) is 0 Å². The van der Waals surface area contributed by atoms with Gasteiger partial charge in [0.25, 0.3) is 0 Å². The molecule has 0 spiro atoms. The number of oxazole rings is 1. The van der Waals surface area contributed by atoms with Crippen LogP contribution in [0.1, 0.15) is 28.6 Å². The molecule has 3 rings (SSSR count). The number of nitrogens with one attached hydrogen (secondary N) is 1. The van der Waals surface area contributed by atoms with Gasteiger partial charge in [0, 0.05) is 13.0 Å². The van der Waals surface area contributed by atoms with Crippen LogP contribution in [0.3, 0.4) is 0 Å². The van der Waals surface area contributed by atoms with E-state index in [9.17, 15) is 4.79 Å². The molecule has 0 aliphatic rings. The first-order chi connectivity index (χ1) is 11.5. The van der Waals surface area contributed by atoms with Crippen molar-refractivity contribution in [1.29, 1.82) is 0 Å². The monoisotopic (exact) mass is 359 g/mol. The van der Waals surface area contributed by atoms with Gasteiger partial charge in [-0.25, -0.2) is 4.98 Å². The molecule has 1 aromatic heterocycles. The number of hydrogen-bond acceptors (Lipinski definition) is 4.